The number of ether oxygens (including phenoxy) is 1. The zero-order chi connectivity index (χ0) is 16.3. The third kappa shape index (κ3) is 6.10. The molecule has 1 fully saturated rings. The van der Waals surface area contributed by atoms with E-state index in [-0.39, 0.29) is 0 Å². The van der Waals surface area contributed by atoms with Gasteiger partial charge in [0.25, 0.3) is 0 Å². The van der Waals surface area contributed by atoms with Crippen molar-refractivity contribution in [1.29, 1.82) is 0 Å². The van der Waals surface area contributed by atoms with E-state index in [9.17, 15) is 0 Å². The van der Waals surface area contributed by atoms with Crippen LogP contribution in [0, 0.1) is 0 Å². The van der Waals surface area contributed by atoms with Crippen LogP contribution in [0.3, 0.4) is 0 Å². The maximum Gasteiger partial charge on any atom is 0.191 e. The summed E-state index contributed by atoms with van der Waals surface area (Å²) in [6, 6.07) is 8.72. The Balaban J connectivity index is 1.88. The molecule has 0 radical (unpaired) electrons. The van der Waals surface area contributed by atoms with Crippen molar-refractivity contribution < 1.29 is 4.74 Å². The van der Waals surface area contributed by atoms with Gasteiger partial charge in [0.2, 0.25) is 0 Å². The molecule has 0 bridgehead atoms. The maximum atomic E-state index is 5.40. The minimum atomic E-state index is 0.699. The van der Waals surface area contributed by atoms with Crippen molar-refractivity contribution in [2.24, 2.45) is 4.99 Å². The Hall–Kier alpha value is -1.75. The van der Waals surface area contributed by atoms with Crippen molar-refractivity contribution in [3.05, 3.63) is 29.8 Å². The Bertz CT molecular complexity index is 466. The number of benzene rings is 1. The number of hydrogen-bond donors (Lipinski definition) is 2. The smallest absolute Gasteiger partial charge is 0.191 e. The molecule has 0 amide bonds. The number of rotatable bonds is 7. The molecule has 1 aromatic rings. The molecule has 5 heteroatoms. The van der Waals surface area contributed by atoms with E-state index in [4.69, 9.17) is 4.74 Å². The fraction of sp³-hybridized carbons (Fsp3) is 0.611. The minimum absolute atomic E-state index is 0.699. The summed E-state index contributed by atoms with van der Waals surface area (Å²) in [6.45, 7) is 10.4. The summed E-state index contributed by atoms with van der Waals surface area (Å²) >= 11 is 0. The van der Waals surface area contributed by atoms with Gasteiger partial charge in [-0.05, 0) is 31.0 Å². The van der Waals surface area contributed by atoms with Gasteiger partial charge in [-0.1, -0.05) is 25.5 Å². The predicted octanol–water partition coefficient (Wildman–Crippen LogP) is 2.38. The number of anilines is 1. The lowest BCUT2D eigenvalue weighted by Crippen LogP contribution is -2.37. The van der Waals surface area contributed by atoms with E-state index in [1.165, 1.54) is 24.1 Å². The molecule has 0 saturated carbocycles. The summed E-state index contributed by atoms with van der Waals surface area (Å²) < 4.78 is 5.40. The summed E-state index contributed by atoms with van der Waals surface area (Å²) in [4.78, 5) is 7.03. The second kappa shape index (κ2) is 10.1. The van der Waals surface area contributed by atoms with E-state index in [1.54, 1.807) is 0 Å². The molecule has 1 aliphatic rings. The van der Waals surface area contributed by atoms with Crippen molar-refractivity contribution in [3.8, 4) is 0 Å². The summed E-state index contributed by atoms with van der Waals surface area (Å²) in [6.07, 6.45) is 2.36. The first-order chi connectivity index (χ1) is 11.3. The molecule has 23 heavy (non-hydrogen) atoms. The van der Waals surface area contributed by atoms with Crippen LogP contribution in [0.2, 0.25) is 0 Å². The monoisotopic (exact) mass is 318 g/mol. The highest BCUT2D eigenvalue weighted by atomic mass is 16.5. The van der Waals surface area contributed by atoms with Gasteiger partial charge >= 0.3 is 0 Å². The van der Waals surface area contributed by atoms with Crippen LogP contribution >= 0.6 is 0 Å². The van der Waals surface area contributed by atoms with Crippen molar-refractivity contribution in [2.45, 2.75) is 33.2 Å². The minimum Gasteiger partial charge on any atom is -0.378 e. The quantitative estimate of drug-likeness (QED) is 0.460. The molecule has 0 unspecified atom stereocenters. The number of hydrogen-bond acceptors (Lipinski definition) is 3. The van der Waals surface area contributed by atoms with Crippen LogP contribution < -0.4 is 15.5 Å². The Kier molecular flexibility index (Phi) is 7.73. The SMILES string of the molecule is CCCCNC(=NCc1ccc(N2CCOCC2)cc1)NCC. The molecule has 128 valence electrons. The highest BCUT2D eigenvalue weighted by Crippen LogP contribution is 2.17. The Morgan fingerprint density at radius 1 is 1.13 bits per heavy atom. The van der Waals surface area contributed by atoms with Crippen LogP contribution in [-0.4, -0.2) is 45.4 Å². The highest BCUT2D eigenvalue weighted by Gasteiger charge is 2.10. The van der Waals surface area contributed by atoms with Gasteiger partial charge in [-0.3, -0.25) is 0 Å². The largest absolute Gasteiger partial charge is 0.378 e. The average molecular weight is 318 g/mol. The van der Waals surface area contributed by atoms with Crippen LogP contribution in [0.1, 0.15) is 32.3 Å². The second-order valence-electron chi connectivity index (χ2n) is 5.74. The summed E-state index contributed by atoms with van der Waals surface area (Å²) in [7, 11) is 0. The van der Waals surface area contributed by atoms with Gasteiger partial charge in [-0.2, -0.15) is 0 Å². The first-order valence-corrected chi connectivity index (χ1v) is 8.77. The molecule has 5 nitrogen and oxygen atoms in total. The van der Waals surface area contributed by atoms with E-state index in [1.807, 2.05) is 0 Å². The van der Waals surface area contributed by atoms with Crippen molar-refractivity contribution in [3.63, 3.8) is 0 Å². The van der Waals surface area contributed by atoms with Gasteiger partial charge in [0, 0.05) is 31.9 Å². The molecule has 0 aromatic heterocycles. The van der Waals surface area contributed by atoms with Crippen molar-refractivity contribution in [1.82, 2.24) is 10.6 Å². The molecule has 1 heterocycles. The zero-order valence-corrected chi connectivity index (χ0v) is 14.5. The third-order valence-corrected chi connectivity index (χ3v) is 3.90. The van der Waals surface area contributed by atoms with Crippen molar-refractivity contribution >= 4 is 11.6 Å². The Morgan fingerprint density at radius 2 is 1.87 bits per heavy atom. The van der Waals surface area contributed by atoms with Crippen molar-refractivity contribution in [2.75, 3.05) is 44.3 Å². The molecule has 2 N–H and O–H groups in total. The summed E-state index contributed by atoms with van der Waals surface area (Å²) in [5.74, 6) is 0.901. The zero-order valence-electron chi connectivity index (χ0n) is 14.5. The number of guanidine groups is 1. The Labute approximate surface area is 140 Å². The fourth-order valence-electron chi connectivity index (χ4n) is 2.53. The molecular weight excluding hydrogens is 288 g/mol. The van der Waals surface area contributed by atoms with Crippen LogP contribution in [0.25, 0.3) is 0 Å². The molecule has 0 aliphatic carbocycles. The highest BCUT2D eigenvalue weighted by molar-refractivity contribution is 5.79. The van der Waals surface area contributed by atoms with E-state index in [0.29, 0.717) is 6.54 Å². The normalized spacial score (nSPS) is 15.6. The van der Waals surface area contributed by atoms with E-state index in [2.05, 4.69) is 58.6 Å². The topological polar surface area (TPSA) is 48.9 Å². The third-order valence-electron chi connectivity index (χ3n) is 3.90. The maximum absolute atomic E-state index is 5.40. The van der Waals surface area contributed by atoms with Crippen LogP contribution in [0.5, 0.6) is 0 Å². The molecule has 1 saturated heterocycles. The summed E-state index contributed by atoms with van der Waals surface area (Å²) in [5, 5.41) is 6.66. The number of nitrogens with one attached hydrogen (secondary N) is 2. The lowest BCUT2D eigenvalue weighted by atomic mass is 10.2. The van der Waals surface area contributed by atoms with Crippen LogP contribution in [0.4, 0.5) is 5.69 Å². The molecule has 1 aromatic carbocycles. The predicted molar refractivity (Wildman–Crippen MR) is 97.2 cm³/mol. The van der Waals surface area contributed by atoms with Gasteiger partial charge in [0.15, 0.2) is 5.96 Å². The van der Waals surface area contributed by atoms with Gasteiger partial charge in [-0.25, -0.2) is 4.99 Å². The molecular formula is C18H30N4O. The van der Waals surface area contributed by atoms with E-state index in [0.717, 1.165) is 45.4 Å². The van der Waals surface area contributed by atoms with E-state index < -0.39 is 0 Å². The standard InChI is InChI=1S/C18H30N4O/c1-3-5-10-20-18(19-4-2)21-15-16-6-8-17(9-7-16)22-11-13-23-14-12-22/h6-9H,3-5,10-15H2,1-2H3,(H2,19,20,21). The average Bonchev–Trinajstić information content (AvgIpc) is 2.61. The lowest BCUT2D eigenvalue weighted by Gasteiger charge is -2.28. The lowest BCUT2D eigenvalue weighted by molar-refractivity contribution is 0.122. The van der Waals surface area contributed by atoms with Gasteiger partial charge < -0.3 is 20.3 Å². The molecule has 0 atom stereocenters. The van der Waals surface area contributed by atoms with E-state index >= 15 is 0 Å². The first-order valence-electron chi connectivity index (χ1n) is 8.77. The second-order valence-corrected chi connectivity index (χ2v) is 5.74. The Morgan fingerprint density at radius 3 is 2.52 bits per heavy atom. The molecule has 1 aliphatic heterocycles. The number of aliphatic imine (C=N–C) groups is 1. The molecule has 0 spiro atoms. The fourth-order valence-corrected chi connectivity index (χ4v) is 2.53. The van der Waals surface area contributed by atoms with Crippen LogP contribution in [0.15, 0.2) is 29.3 Å². The number of morpholine rings is 1. The molecule has 2 rings (SSSR count). The summed E-state index contributed by atoms with van der Waals surface area (Å²) in [5.41, 5.74) is 2.50. The van der Waals surface area contributed by atoms with Gasteiger partial charge in [0.05, 0.1) is 19.8 Å². The van der Waals surface area contributed by atoms with Crippen LogP contribution in [-0.2, 0) is 11.3 Å². The van der Waals surface area contributed by atoms with Gasteiger partial charge in [-0.15, -0.1) is 0 Å². The van der Waals surface area contributed by atoms with Gasteiger partial charge in [0.1, 0.15) is 0 Å². The number of nitrogens with zero attached hydrogens (tertiary/aromatic N) is 2. The number of unbranched alkanes of at least 4 members (excludes halogenated alkanes) is 1. The first kappa shape index (κ1) is 17.6.